The van der Waals surface area contributed by atoms with Crippen LogP contribution in [0.15, 0.2) is 22.7 Å². The topological polar surface area (TPSA) is 80.9 Å². The second-order valence-corrected chi connectivity index (χ2v) is 3.26. The highest BCUT2D eigenvalue weighted by Gasteiger charge is 2.09. The minimum absolute atomic E-state index is 0.00483. The van der Waals surface area contributed by atoms with Gasteiger partial charge in [0.2, 0.25) is 11.8 Å². The number of carbonyl (C=O) groups excluding carboxylic acids is 1. The molecule has 0 saturated carbocycles. The van der Waals surface area contributed by atoms with E-state index in [4.69, 9.17) is 4.52 Å². The molecular weight excluding hydrogens is 227 g/mol. The maximum absolute atomic E-state index is 12.8. The first-order valence-electron chi connectivity index (χ1n) is 4.85. The zero-order valence-electron chi connectivity index (χ0n) is 8.98. The summed E-state index contributed by atoms with van der Waals surface area (Å²) in [4.78, 5) is 18.9. The van der Waals surface area contributed by atoms with Crippen LogP contribution in [0.2, 0.25) is 0 Å². The van der Waals surface area contributed by atoms with Crippen LogP contribution < -0.4 is 5.32 Å². The largest absolute Gasteiger partial charge is 0.343 e. The fourth-order valence-electron chi connectivity index (χ4n) is 1.20. The quantitative estimate of drug-likeness (QED) is 0.799. The molecule has 17 heavy (non-hydrogen) atoms. The minimum Gasteiger partial charge on any atom is -0.343 e. The number of nitrogens with one attached hydrogen (secondary N) is 1. The summed E-state index contributed by atoms with van der Waals surface area (Å²) in [5.41, 5.74) is 0.00483. The smallest absolute Gasteiger partial charge is 0.270 e. The van der Waals surface area contributed by atoms with Gasteiger partial charge in [-0.1, -0.05) is 11.2 Å². The maximum atomic E-state index is 12.8. The van der Waals surface area contributed by atoms with Gasteiger partial charge in [-0.05, 0) is 12.1 Å². The van der Waals surface area contributed by atoms with Gasteiger partial charge in [-0.15, -0.1) is 0 Å². The van der Waals surface area contributed by atoms with E-state index in [1.54, 1.807) is 6.92 Å². The van der Waals surface area contributed by atoms with E-state index in [1.165, 1.54) is 18.2 Å². The number of aromatic nitrogens is 3. The predicted octanol–water partition coefficient (Wildman–Crippen LogP) is 0.842. The third kappa shape index (κ3) is 2.83. The summed E-state index contributed by atoms with van der Waals surface area (Å²) in [6, 6.07) is 4.00. The summed E-state index contributed by atoms with van der Waals surface area (Å²) in [6.07, 6.45) is 0. The zero-order valence-corrected chi connectivity index (χ0v) is 8.98. The molecule has 0 saturated heterocycles. The van der Waals surface area contributed by atoms with Crippen molar-refractivity contribution in [1.29, 1.82) is 0 Å². The third-order valence-corrected chi connectivity index (χ3v) is 1.92. The summed E-state index contributed by atoms with van der Waals surface area (Å²) in [7, 11) is 0. The first-order valence-corrected chi connectivity index (χ1v) is 4.85. The van der Waals surface area contributed by atoms with E-state index in [0.29, 0.717) is 11.7 Å². The molecule has 0 bridgehead atoms. The molecule has 0 fully saturated rings. The van der Waals surface area contributed by atoms with Crippen molar-refractivity contribution in [1.82, 2.24) is 20.4 Å². The lowest BCUT2D eigenvalue weighted by molar-refractivity contribution is 0.0943. The molecule has 0 unspecified atom stereocenters. The van der Waals surface area contributed by atoms with Crippen LogP contribution in [0.4, 0.5) is 4.39 Å². The van der Waals surface area contributed by atoms with Crippen LogP contribution in [0.25, 0.3) is 0 Å². The molecule has 7 heteroatoms. The Balaban J connectivity index is 1.98. The Hall–Kier alpha value is -2.31. The number of pyridine rings is 1. The monoisotopic (exact) mass is 236 g/mol. The van der Waals surface area contributed by atoms with Gasteiger partial charge in [0.15, 0.2) is 5.82 Å². The standard InChI is InChI=1S/C10H9FN4O2/c1-6-13-9(15-17-6)5-12-10(16)7-3-2-4-8(11)14-7/h2-4H,5H2,1H3,(H,12,16). The minimum atomic E-state index is -0.701. The predicted molar refractivity (Wildman–Crippen MR) is 54.4 cm³/mol. The second-order valence-electron chi connectivity index (χ2n) is 3.26. The summed E-state index contributed by atoms with van der Waals surface area (Å²) in [6.45, 7) is 1.75. The Labute approximate surface area is 95.9 Å². The van der Waals surface area contributed by atoms with E-state index in [0.717, 1.165) is 0 Å². The van der Waals surface area contributed by atoms with Crippen LogP contribution >= 0.6 is 0 Å². The molecule has 2 aromatic heterocycles. The summed E-state index contributed by atoms with van der Waals surface area (Å²) in [5, 5.41) is 6.11. The van der Waals surface area contributed by atoms with Gasteiger partial charge in [-0.2, -0.15) is 9.37 Å². The molecule has 2 heterocycles. The fraction of sp³-hybridized carbons (Fsp3) is 0.200. The first kappa shape index (κ1) is 11.2. The summed E-state index contributed by atoms with van der Waals surface area (Å²) < 4.78 is 17.5. The fourth-order valence-corrected chi connectivity index (χ4v) is 1.20. The van der Waals surface area contributed by atoms with E-state index < -0.39 is 11.9 Å². The van der Waals surface area contributed by atoms with Gasteiger partial charge in [0.1, 0.15) is 5.69 Å². The molecule has 1 N–H and O–H groups in total. The number of hydrogen-bond acceptors (Lipinski definition) is 5. The molecule has 0 spiro atoms. The first-order chi connectivity index (χ1) is 8.15. The molecule has 1 amide bonds. The summed E-state index contributed by atoms with van der Waals surface area (Å²) in [5.74, 6) is -0.426. The van der Waals surface area contributed by atoms with E-state index in [-0.39, 0.29) is 12.2 Å². The van der Waals surface area contributed by atoms with Crippen molar-refractivity contribution in [2.45, 2.75) is 13.5 Å². The average molecular weight is 236 g/mol. The molecular formula is C10H9FN4O2. The number of amides is 1. The maximum Gasteiger partial charge on any atom is 0.270 e. The Bertz CT molecular complexity index is 541. The van der Waals surface area contributed by atoms with Crippen LogP contribution in [-0.4, -0.2) is 21.0 Å². The van der Waals surface area contributed by atoms with Gasteiger partial charge in [0.25, 0.3) is 5.91 Å². The van der Waals surface area contributed by atoms with E-state index in [1.807, 2.05) is 0 Å². The van der Waals surface area contributed by atoms with Gasteiger partial charge >= 0.3 is 0 Å². The van der Waals surface area contributed by atoms with Crippen molar-refractivity contribution < 1.29 is 13.7 Å². The molecule has 0 radical (unpaired) electrons. The number of carbonyl (C=O) groups is 1. The average Bonchev–Trinajstić information content (AvgIpc) is 2.72. The molecule has 0 aliphatic carbocycles. The van der Waals surface area contributed by atoms with E-state index >= 15 is 0 Å². The molecule has 88 valence electrons. The van der Waals surface area contributed by atoms with Crippen LogP contribution in [-0.2, 0) is 6.54 Å². The van der Waals surface area contributed by atoms with Gasteiger partial charge in [0, 0.05) is 6.92 Å². The molecule has 0 atom stereocenters. The van der Waals surface area contributed by atoms with Crippen molar-refractivity contribution in [2.75, 3.05) is 0 Å². The van der Waals surface area contributed by atoms with Crippen molar-refractivity contribution in [3.8, 4) is 0 Å². The highest BCUT2D eigenvalue weighted by Crippen LogP contribution is 1.99. The third-order valence-electron chi connectivity index (χ3n) is 1.92. The lowest BCUT2D eigenvalue weighted by Crippen LogP contribution is -2.24. The number of aryl methyl sites for hydroxylation is 1. The number of nitrogens with zero attached hydrogens (tertiary/aromatic N) is 3. The van der Waals surface area contributed by atoms with Crippen molar-refractivity contribution in [2.24, 2.45) is 0 Å². The van der Waals surface area contributed by atoms with Gasteiger partial charge in [-0.3, -0.25) is 4.79 Å². The zero-order chi connectivity index (χ0) is 12.3. The number of halogens is 1. The molecule has 0 aliphatic heterocycles. The molecule has 0 aliphatic rings. The highest BCUT2D eigenvalue weighted by molar-refractivity contribution is 5.92. The molecule has 0 aromatic carbocycles. The molecule has 6 nitrogen and oxygen atoms in total. The van der Waals surface area contributed by atoms with Gasteiger partial charge < -0.3 is 9.84 Å². The van der Waals surface area contributed by atoms with Crippen molar-refractivity contribution >= 4 is 5.91 Å². The van der Waals surface area contributed by atoms with Crippen LogP contribution in [0.1, 0.15) is 22.2 Å². The van der Waals surface area contributed by atoms with Crippen LogP contribution in [0, 0.1) is 12.9 Å². The van der Waals surface area contributed by atoms with E-state index in [2.05, 4.69) is 20.4 Å². The van der Waals surface area contributed by atoms with Crippen LogP contribution in [0.5, 0.6) is 0 Å². The van der Waals surface area contributed by atoms with Crippen molar-refractivity contribution in [3.05, 3.63) is 41.6 Å². The summed E-state index contributed by atoms with van der Waals surface area (Å²) >= 11 is 0. The van der Waals surface area contributed by atoms with Crippen molar-refractivity contribution in [3.63, 3.8) is 0 Å². The van der Waals surface area contributed by atoms with E-state index in [9.17, 15) is 9.18 Å². The Morgan fingerprint density at radius 1 is 1.47 bits per heavy atom. The number of rotatable bonds is 3. The Morgan fingerprint density at radius 3 is 2.94 bits per heavy atom. The number of hydrogen-bond donors (Lipinski definition) is 1. The Kier molecular flexibility index (Phi) is 3.08. The van der Waals surface area contributed by atoms with Crippen LogP contribution in [0.3, 0.4) is 0 Å². The van der Waals surface area contributed by atoms with Gasteiger partial charge in [-0.25, -0.2) is 4.98 Å². The molecule has 2 aromatic rings. The Morgan fingerprint density at radius 2 is 2.29 bits per heavy atom. The molecule has 2 rings (SSSR count). The SMILES string of the molecule is Cc1nc(CNC(=O)c2cccc(F)n2)no1. The van der Waals surface area contributed by atoms with Gasteiger partial charge in [0.05, 0.1) is 6.54 Å². The lowest BCUT2D eigenvalue weighted by Gasteiger charge is -2.01. The lowest BCUT2D eigenvalue weighted by atomic mass is 10.3. The normalized spacial score (nSPS) is 10.2. The highest BCUT2D eigenvalue weighted by atomic mass is 19.1. The second kappa shape index (κ2) is 4.69.